The van der Waals surface area contributed by atoms with Gasteiger partial charge in [0.1, 0.15) is 24.2 Å². The first kappa shape index (κ1) is 52.8. The first-order chi connectivity index (χ1) is 35.7. The molecule has 4 heterocycles. The fourth-order valence-electron chi connectivity index (χ4n) is 10.6. The molecule has 9 rings (SSSR count). The van der Waals surface area contributed by atoms with Crippen molar-refractivity contribution in [2.75, 3.05) is 27.2 Å². The molecule has 10 atom stereocenters. The summed E-state index contributed by atoms with van der Waals surface area (Å²) in [4.78, 5) is 116. The quantitative estimate of drug-likeness (QED) is 0.136. The highest BCUT2D eigenvalue weighted by molar-refractivity contribution is 5.99. The number of benzene rings is 3. The van der Waals surface area contributed by atoms with Crippen LogP contribution in [0.5, 0.6) is 0 Å². The Labute approximate surface area is 432 Å². The highest BCUT2D eigenvalue weighted by atomic mass is 16.2. The van der Waals surface area contributed by atoms with E-state index in [1.54, 1.807) is 27.9 Å². The van der Waals surface area contributed by atoms with Crippen LogP contribution in [-0.2, 0) is 41.6 Å². The summed E-state index contributed by atoms with van der Waals surface area (Å²) in [5.74, 6) is 7.34. The SMILES string of the molecule is CN[C@@H](C)C(=O)N[C@H]1CC#CC#CC[C@H](NC(=O)[C@H](C)NC)C(=O)N2C[C@H](C[C@H]2C(=O)N[C@@H]2CCCc3ccccc32)NC(=O)c2ccc(cc2)C(=O)N[C@H]2C[C@@H](C(=O)N[C@@H]3CCCc4ccccc43)N(C2)C1=O. The molecular formula is C56H66N10O8. The summed E-state index contributed by atoms with van der Waals surface area (Å²) >= 11 is 0. The number of rotatable bonds is 10. The number of hydrogen-bond acceptors (Lipinski definition) is 10. The van der Waals surface area contributed by atoms with Crippen LogP contribution in [0.25, 0.3) is 0 Å². The minimum atomic E-state index is -1.23. The van der Waals surface area contributed by atoms with E-state index in [9.17, 15) is 38.4 Å². The lowest BCUT2D eigenvalue weighted by Crippen LogP contribution is -2.55. The van der Waals surface area contributed by atoms with Crippen LogP contribution in [-0.4, -0.2) is 133 Å². The van der Waals surface area contributed by atoms with Crippen LogP contribution in [0.2, 0.25) is 0 Å². The zero-order valence-corrected chi connectivity index (χ0v) is 42.3. The van der Waals surface area contributed by atoms with E-state index < -0.39 is 95.6 Å². The van der Waals surface area contributed by atoms with Crippen LogP contribution >= 0.6 is 0 Å². The van der Waals surface area contributed by atoms with Crippen LogP contribution < -0.4 is 42.5 Å². The van der Waals surface area contributed by atoms with E-state index in [0.29, 0.717) is 12.8 Å². The number of likely N-dealkylation sites (N-methyl/N-ethyl adjacent to an activating group) is 2. The molecule has 0 spiro atoms. The Morgan fingerprint density at radius 1 is 0.554 bits per heavy atom. The van der Waals surface area contributed by atoms with Gasteiger partial charge in [0, 0.05) is 49.1 Å². The molecule has 18 heteroatoms. The van der Waals surface area contributed by atoms with E-state index in [2.05, 4.69) is 66.2 Å². The van der Waals surface area contributed by atoms with Crippen molar-refractivity contribution < 1.29 is 38.4 Å². The summed E-state index contributed by atoms with van der Waals surface area (Å²) in [5, 5.41) is 23.7. The van der Waals surface area contributed by atoms with Gasteiger partial charge in [-0.2, -0.15) is 0 Å². The fourth-order valence-corrected chi connectivity index (χ4v) is 10.6. The van der Waals surface area contributed by atoms with Crippen molar-refractivity contribution >= 4 is 47.3 Å². The molecule has 0 saturated carbocycles. The maximum atomic E-state index is 14.8. The molecule has 0 unspecified atom stereocenters. The third kappa shape index (κ3) is 12.3. The maximum Gasteiger partial charge on any atom is 0.251 e. The maximum absolute atomic E-state index is 14.8. The van der Waals surface area contributed by atoms with Crippen LogP contribution in [0.4, 0.5) is 0 Å². The highest BCUT2D eigenvalue weighted by Crippen LogP contribution is 2.32. The van der Waals surface area contributed by atoms with Crippen molar-refractivity contribution in [1.82, 2.24) is 52.3 Å². The average Bonchev–Trinajstić information content (AvgIpc) is 4.05. The summed E-state index contributed by atoms with van der Waals surface area (Å²) in [6.07, 6.45) is 4.66. The second-order valence-electron chi connectivity index (χ2n) is 19.9. The molecule has 3 aromatic rings. The Bertz CT molecular complexity index is 2590. The summed E-state index contributed by atoms with van der Waals surface area (Å²) in [6, 6.07) is 14.1. The monoisotopic (exact) mass is 1010 g/mol. The van der Waals surface area contributed by atoms with E-state index in [1.165, 1.54) is 34.1 Å². The molecule has 6 bridgehead atoms. The molecule has 8 amide bonds. The Kier molecular flexibility index (Phi) is 17.1. The first-order valence-electron chi connectivity index (χ1n) is 25.7. The molecule has 2 saturated heterocycles. The largest absolute Gasteiger partial charge is 0.347 e. The van der Waals surface area contributed by atoms with Gasteiger partial charge in [-0.15, -0.1) is 0 Å². The normalized spacial score (nSPS) is 25.7. The Hall–Kier alpha value is -7.54. The van der Waals surface area contributed by atoms with Gasteiger partial charge in [0.25, 0.3) is 11.8 Å². The predicted molar refractivity (Wildman–Crippen MR) is 275 cm³/mol. The number of fused-ring (bicyclic) bond motifs is 13. The van der Waals surface area contributed by atoms with Crippen molar-refractivity contribution in [2.24, 2.45) is 0 Å². The molecule has 2 aliphatic carbocycles. The van der Waals surface area contributed by atoms with Gasteiger partial charge in [-0.3, -0.25) is 38.4 Å². The Morgan fingerprint density at radius 2 is 0.946 bits per heavy atom. The minimum absolute atomic E-state index is 0.0513. The fraction of sp³-hybridized carbons (Fsp3) is 0.464. The number of amides is 8. The third-order valence-corrected chi connectivity index (χ3v) is 15.0. The molecule has 2 fully saturated rings. The molecule has 4 aliphatic heterocycles. The smallest absolute Gasteiger partial charge is 0.251 e. The number of nitrogens with zero attached hydrogens (tertiary/aromatic N) is 2. The Morgan fingerprint density at radius 3 is 1.34 bits per heavy atom. The molecule has 74 heavy (non-hydrogen) atoms. The second-order valence-corrected chi connectivity index (χ2v) is 19.9. The number of aryl methyl sites for hydroxylation is 2. The first-order valence-corrected chi connectivity index (χ1v) is 25.7. The van der Waals surface area contributed by atoms with Gasteiger partial charge >= 0.3 is 0 Å². The van der Waals surface area contributed by atoms with Gasteiger partial charge in [-0.05, 0) is 138 Å². The summed E-state index contributed by atoms with van der Waals surface area (Å²) in [7, 11) is 3.21. The van der Waals surface area contributed by atoms with Crippen molar-refractivity contribution in [3.63, 3.8) is 0 Å². The van der Waals surface area contributed by atoms with Gasteiger partial charge < -0.3 is 52.3 Å². The number of nitrogens with one attached hydrogen (secondary N) is 8. The predicted octanol–water partition coefficient (Wildman–Crippen LogP) is 1.46. The number of carbonyl (C=O) groups excluding carboxylic acids is 8. The molecule has 3 aromatic carbocycles. The van der Waals surface area contributed by atoms with Crippen molar-refractivity contribution in [3.05, 3.63) is 106 Å². The van der Waals surface area contributed by atoms with Crippen molar-refractivity contribution in [2.45, 2.75) is 138 Å². The molecule has 8 N–H and O–H groups in total. The van der Waals surface area contributed by atoms with Crippen LogP contribution in [0.1, 0.15) is 120 Å². The summed E-state index contributed by atoms with van der Waals surface area (Å²) in [6.45, 7) is 3.17. The highest BCUT2D eigenvalue weighted by Gasteiger charge is 2.45. The zero-order chi connectivity index (χ0) is 52.5. The van der Waals surface area contributed by atoms with Gasteiger partial charge in [-0.25, -0.2) is 0 Å². The molecule has 0 radical (unpaired) electrons. The van der Waals surface area contributed by atoms with Crippen LogP contribution in [0.15, 0.2) is 72.8 Å². The zero-order valence-electron chi connectivity index (χ0n) is 42.3. The van der Waals surface area contributed by atoms with Gasteiger partial charge in [0.05, 0.1) is 24.2 Å². The Balaban J connectivity index is 1.11. The molecule has 388 valence electrons. The standard InChI is InChI=1S/C56H66N10O8/c1-33(57-3)49(67)63-45-21-7-5-6-8-22-46(64-50(68)34(2)58-4)56(74)66-32-40(30-48(66)54(72)62-44-24-14-18-36-16-10-12-20-42(36)44)60-52(70)38-27-25-37(26-28-38)51(69)59-39-29-47(65(31-39)55(45)73)53(71)61-43-23-13-17-35-15-9-11-19-41(35)43/h9-12,15-16,19-20,25-28,33-34,39-40,43-48,57-58H,13-14,17-18,21-24,29-32H2,1-4H3,(H,59,69)(H,60,70)(H,61,71)(H,62,72)(H,63,67)(H,64,68)/t33-,34-,39-,40-,43+,44+,45-,46-,47-,48-/m0/s1. The average molecular weight is 1010 g/mol. The van der Waals surface area contributed by atoms with E-state index in [4.69, 9.17) is 0 Å². The summed E-state index contributed by atoms with van der Waals surface area (Å²) in [5.41, 5.74) is 4.76. The van der Waals surface area contributed by atoms with E-state index >= 15 is 0 Å². The van der Waals surface area contributed by atoms with Crippen LogP contribution in [0, 0.1) is 23.7 Å². The number of carbonyl (C=O) groups is 8. The minimum Gasteiger partial charge on any atom is -0.347 e. The van der Waals surface area contributed by atoms with Crippen LogP contribution in [0.3, 0.4) is 0 Å². The van der Waals surface area contributed by atoms with Crippen molar-refractivity contribution in [3.8, 4) is 23.7 Å². The number of hydrogen-bond donors (Lipinski definition) is 8. The van der Waals surface area contributed by atoms with Crippen molar-refractivity contribution in [1.29, 1.82) is 0 Å². The van der Waals surface area contributed by atoms with E-state index in [1.807, 2.05) is 48.5 Å². The molecule has 6 aliphatic rings. The second kappa shape index (κ2) is 24.0. The van der Waals surface area contributed by atoms with E-state index in [0.717, 1.165) is 47.9 Å². The lowest BCUT2D eigenvalue weighted by molar-refractivity contribution is -0.141. The summed E-state index contributed by atoms with van der Waals surface area (Å²) < 4.78 is 0. The van der Waals surface area contributed by atoms with E-state index in [-0.39, 0.29) is 62.0 Å². The third-order valence-electron chi connectivity index (χ3n) is 15.0. The molecule has 0 aromatic heterocycles. The molecule has 18 nitrogen and oxygen atoms in total. The lowest BCUT2D eigenvalue weighted by Gasteiger charge is -2.31. The van der Waals surface area contributed by atoms with Gasteiger partial charge in [-0.1, -0.05) is 60.4 Å². The van der Waals surface area contributed by atoms with Gasteiger partial charge in [0.2, 0.25) is 35.4 Å². The molecular weight excluding hydrogens is 941 g/mol. The van der Waals surface area contributed by atoms with Gasteiger partial charge in [0.15, 0.2) is 0 Å². The lowest BCUT2D eigenvalue weighted by atomic mass is 9.87. The topological polar surface area (TPSA) is 239 Å².